The van der Waals surface area contributed by atoms with Gasteiger partial charge in [-0.2, -0.15) is 13.2 Å². The average Bonchev–Trinajstić information content (AvgIpc) is 2.99. The summed E-state index contributed by atoms with van der Waals surface area (Å²) in [6.07, 6.45) is 7.89. The lowest BCUT2D eigenvalue weighted by Crippen LogP contribution is -2.51. The molecule has 3 aliphatic carbocycles. The molecule has 5 rings (SSSR count). The van der Waals surface area contributed by atoms with Gasteiger partial charge in [0.05, 0.1) is 11.3 Å². The first-order valence-corrected chi connectivity index (χ1v) is 10.6. The number of rotatable bonds is 8. The van der Waals surface area contributed by atoms with Gasteiger partial charge in [0.15, 0.2) is 0 Å². The second-order valence-electron chi connectivity index (χ2n) is 9.28. The molecule has 0 radical (unpaired) electrons. The first-order chi connectivity index (χ1) is 13.7. The summed E-state index contributed by atoms with van der Waals surface area (Å²) in [5, 5.41) is 0. The number of halogens is 3. The fourth-order valence-corrected chi connectivity index (χ4v) is 4.97. The van der Waals surface area contributed by atoms with E-state index in [-0.39, 0.29) is 5.92 Å². The molecule has 2 aromatic rings. The number of aromatic nitrogens is 3. The summed E-state index contributed by atoms with van der Waals surface area (Å²) in [7, 11) is 0. The van der Waals surface area contributed by atoms with Crippen molar-refractivity contribution in [2.24, 2.45) is 11.3 Å². The highest BCUT2D eigenvalue weighted by molar-refractivity contribution is 5.62. The molecule has 4 nitrogen and oxygen atoms in total. The van der Waals surface area contributed by atoms with Crippen LogP contribution in [0.4, 0.5) is 19.0 Å². The van der Waals surface area contributed by atoms with Gasteiger partial charge in [0.1, 0.15) is 11.6 Å². The third kappa shape index (κ3) is 4.01. The van der Waals surface area contributed by atoms with E-state index in [0.29, 0.717) is 16.7 Å². The van der Waals surface area contributed by atoms with E-state index in [1.807, 2.05) is 20.0 Å². The van der Waals surface area contributed by atoms with Gasteiger partial charge in [0.2, 0.25) is 0 Å². The molecular weight excluding hydrogens is 377 g/mol. The van der Waals surface area contributed by atoms with Crippen LogP contribution in [0.25, 0.3) is 11.3 Å². The van der Waals surface area contributed by atoms with Crippen molar-refractivity contribution >= 4 is 5.82 Å². The number of alkyl halides is 3. The maximum atomic E-state index is 13.2. The van der Waals surface area contributed by atoms with Gasteiger partial charge >= 0.3 is 6.18 Å². The van der Waals surface area contributed by atoms with Gasteiger partial charge in [0.25, 0.3) is 0 Å². The van der Waals surface area contributed by atoms with Gasteiger partial charge in [-0.25, -0.2) is 9.97 Å². The zero-order chi connectivity index (χ0) is 20.8. The van der Waals surface area contributed by atoms with Crippen LogP contribution in [-0.2, 0) is 12.7 Å². The molecule has 2 aromatic heterocycles. The number of pyridine rings is 1. The Balaban J connectivity index is 1.43. The number of imidazole rings is 1. The smallest absolute Gasteiger partial charge is 0.383 e. The molecule has 2 heterocycles. The maximum Gasteiger partial charge on any atom is 0.419 e. The van der Waals surface area contributed by atoms with Crippen LogP contribution < -0.4 is 5.73 Å². The molecule has 7 heteroatoms. The maximum absolute atomic E-state index is 13.2. The minimum atomic E-state index is -4.53. The summed E-state index contributed by atoms with van der Waals surface area (Å²) < 4.78 is 41.6. The Morgan fingerprint density at radius 3 is 2.52 bits per heavy atom. The Morgan fingerprint density at radius 1 is 1.21 bits per heavy atom. The first-order valence-electron chi connectivity index (χ1n) is 10.6. The van der Waals surface area contributed by atoms with E-state index in [2.05, 4.69) is 14.5 Å². The third-order valence-electron chi connectivity index (χ3n) is 6.61. The zero-order valence-electron chi connectivity index (χ0n) is 17.1. The molecule has 0 aromatic carbocycles. The molecule has 0 atom stereocenters. The lowest BCUT2D eigenvalue weighted by Gasteiger charge is -2.62. The quantitative estimate of drug-likeness (QED) is 0.545. The van der Waals surface area contributed by atoms with E-state index in [9.17, 15) is 13.2 Å². The van der Waals surface area contributed by atoms with Gasteiger partial charge in [-0.3, -0.25) is 0 Å². The summed E-state index contributed by atoms with van der Waals surface area (Å²) in [5.41, 5.74) is 6.07. The molecular formula is C22H29F3N4. The summed E-state index contributed by atoms with van der Waals surface area (Å²) >= 11 is 0. The number of nitrogens with zero attached hydrogens (tertiary/aromatic N) is 3. The van der Waals surface area contributed by atoms with Crippen molar-refractivity contribution in [1.82, 2.24) is 14.5 Å². The Bertz CT molecular complexity index is 868. The van der Waals surface area contributed by atoms with Gasteiger partial charge in [-0.05, 0) is 49.5 Å². The molecule has 0 spiro atoms. The number of nitrogen functional groups attached to an aromatic ring is 1. The van der Waals surface area contributed by atoms with Crippen LogP contribution in [0.15, 0.2) is 18.5 Å². The third-order valence-corrected chi connectivity index (χ3v) is 6.61. The van der Waals surface area contributed by atoms with E-state index in [1.165, 1.54) is 44.7 Å². The molecule has 0 aliphatic heterocycles. The predicted octanol–water partition coefficient (Wildman–Crippen LogP) is 6.03. The van der Waals surface area contributed by atoms with E-state index in [1.54, 1.807) is 0 Å². The first kappa shape index (κ1) is 20.2. The highest BCUT2D eigenvalue weighted by Crippen LogP contribution is 2.66. The van der Waals surface area contributed by atoms with E-state index < -0.39 is 17.6 Å². The van der Waals surface area contributed by atoms with Crippen molar-refractivity contribution in [2.45, 2.75) is 77.4 Å². The number of hydrogen-bond donors (Lipinski definition) is 1. The number of unbranched alkanes of at least 4 members (excludes halogenated alkanes) is 2. The molecule has 0 amide bonds. The van der Waals surface area contributed by atoms with Crippen molar-refractivity contribution in [2.75, 3.05) is 5.73 Å². The van der Waals surface area contributed by atoms with Crippen LogP contribution >= 0.6 is 0 Å². The molecule has 0 saturated heterocycles. The normalized spacial score (nSPS) is 23.2. The van der Waals surface area contributed by atoms with E-state index >= 15 is 0 Å². The molecule has 29 heavy (non-hydrogen) atoms. The second-order valence-corrected chi connectivity index (χ2v) is 9.28. The van der Waals surface area contributed by atoms with E-state index in [0.717, 1.165) is 30.8 Å². The fraction of sp³-hybridized carbons (Fsp3) is 0.636. The molecule has 3 aliphatic rings. The van der Waals surface area contributed by atoms with Crippen LogP contribution in [0, 0.1) is 11.3 Å². The highest BCUT2D eigenvalue weighted by atomic mass is 19.4. The Labute approximate surface area is 169 Å². The summed E-state index contributed by atoms with van der Waals surface area (Å²) in [5.74, 6) is 1.61. The van der Waals surface area contributed by atoms with Crippen LogP contribution in [0.5, 0.6) is 0 Å². The lowest BCUT2D eigenvalue weighted by atomic mass is 9.43. The number of anilines is 1. The van der Waals surface area contributed by atoms with Crippen molar-refractivity contribution in [3.05, 3.63) is 29.8 Å². The lowest BCUT2D eigenvalue weighted by molar-refractivity contribution is -0.137. The highest BCUT2D eigenvalue weighted by Gasteiger charge is 2.55. The van der Waals surface area contributed by atoms with Crippen LogP contribution in [0.3, 0.4) is 0 Å². The number of hydrogen-bond acceptors (Lipinski definition) is 3. The molecule has 2 N–H and O–H groups in total. The molecule has 158 valence electrons. The fourth-order valence-electron chi connectivity index (χ4n) is 4.97. The molecule has 3 fully saturated rings. The minimum Gasteiger partial charge on any atom is -0.383 e. The largest absolute Gasteiger partial charge is 0.419 e. The van der Waals surface area contributed by atoms with Crippen molar-refractivity contribution < 1.29 is 13.2 Å². The van der Waals surface area contributed by atoms with Gasteiger partial charge in [-0.15, -0.1) is 0 Å². The molecule has 2 bridgehead atoms. The Hall–Kier alpha value is -2.05. The Morgan fingerprint density at radius 2 is 1.93 bits per heavy atom. The second kappa shape index (κ2) is 7.33. The monoisotopic (exact) mass is 406 g/mol. The predicted molar refractivity (Wildman–Crippen MR) is 107 cm³/mol. The van der Waals surface area contributed by atoms with Crippen LogP contribution in [-0.4, -0.2) is 14.5 Å². The van der Waals surface area contributed by atoms with Crippen molar-refractivity contribution in [1.29, 1.82) is 0 Å². The van der Waals surface area contributed by atoms with E-state index in [4.69, 9.17) is 5.73 Å². The van der Waals surface area contributed by atoms with Crippen LogP contribution in [0.2, 0.25) is 0 Å². The van der Waals surface area contributed by atoms with Gasteiger partial charge in [0, 0.05) is 30.4 Å². The number of nitrogens with two attached hydrogens (primary N) is 1. The van der Waals surface area contributed by atoms with Gasteiger partial charge in [-0.1, -0.05) is 26.7 Å². The van der Waals surface area contributed by atoms with Gasteiger partial charge < -0.3 is 10.3 Å². The van der Waals surface area contributed by atoms with Crippen LogP contribution in [0.1, 0.15) is 76.1 Å². The number of aryl methyl sites for hydroxylation is 1. The average molecular weight is 406 g/mol. The molecule has 0 unspecified atom stereocenters. The zero-order valence-corrected chi connectivity index (χ0v) is 17.1. The summed E-state index contributed by atoms with van der Waals surface area (Å²) in [6.45, 7) is 4.94. The molecule has 3 saturated carbocycles. The Kier molecular flexibility index (Phi) is 5.11. The van der Waals surface area contributed by atoms with Crippen molar-refractivity contribution in [3.63, 3.8) is 0 Å². The SMILES string of the molecule is CC(C)c1nc(-c2cnc(N)c(C(F)(F)F)c2)cn1CCCCCC12CC(C1)C2. The summed E-state index contributed by atoms with van der Waals surface area (Å²) in [6, 6.07) is 1.04. The topological polar surface area (TPSA) is 56.7 Å². The standard InChI is InChI=1S/C22H29F3N4/c1-14(2)20-28-18(16-8-17(22(23,24)25)19(26)27-12-16)13-29(20)7-5-3-4-6-21-9-15(10-21)11-21/h8,12-15H,3-7,9-11H2,1-2H3,(H2,26,27). The summed E-state index contributed by atoms with van der Waals surface area (Å²) in [4.78, 5) is 8.36. The van der Waals surface area contributed by atoms with Crippen molar-refractivity contribution in [3.8, 4) is 11.3 Å². The minimum absolute atomic E-state index is 0.188.